The van der Waals surface area contributed by atoms with Crippen LogP contribution in [0.5, 0.6) is 0 Å². The van der Waals surface area contributed by atoms with Crippen LogP contribution >= 0.6 is 12.2 Å². The summed E-state index contributed by atoms with van der Waals surface area (Å²) in [7, 11) is -0.895. The number of carbonyl (C=O) groups excluding carboxylic acids is 1. The predicted octanol–water partition coefficient (Wildman–Crippen LogP) is 3.76. The summed E-state index contributed by atoms with van der Waals surface area (Å²) >= 11 is 5.12. The molecule has 1 rings (SSSR count). The van der Waals surface area contributed by atoms with Gasteiger partial charge in [-0.15, -0.1) is 0 Å². The van der Waals surface area contributed by atoms with Crippen molar-refractivity contribution >= 4 is 31.7 Å². The van der Waals surface area contributed by atoms with Gasteiger partial charge in [0.25, 0.3) is 0 Å². The fraction of sp³-hybridized carbons (Fsp3) is 0.529. The maximum absolute atomic E-state index is 13.7. The number of thiocarbonyl (C=S) groups is 1. The number of benzene rings is 1. The maximum atomic E-state index is 13.7. The monoisotopic (exact) mass is 419 g/mol. The van der Waals surface area contributed by atoms with E-state index in [0.29, 0.717) is 5.56 Å². The summed E-state index contributed by atoms with van der Waals surface area (Å²) in [6.07, 6.45) is -0.731. The number of hydrogen-bond donors (Lipinski definition) is 3. The molecule has 0 saturated carbocycles. The summed E-state index contributed by atoms with van der Waals surface area (Å²) in [6.45, 7) is 10.6. The van der Waals surface area contributed by atoms with Gasteiger partial charge in [-0.3, -0.25) is 5.43 Å². The first-order chi connectivity index (χ1) is 12.4. The van der Waals surface area contributed by atoms with Crippen LogP contribution in [0.25, 0.3) is 0 Å². The fourth-order valence-electron chi connectivity index (χ4n) is 1.86. The minimum absolute atomic E-state index is 0.0318. The van der Waals surface area contributed by atoms with Gasteiger partial charge in [-0.05, 0) is 48.0 Å². The van der Waals surface area contributed by atoms with Crippen molar-refractivity contribution in [3.05, 3.63) is 35.4 Å². The van der Waals surface area contributed by atoms with Gasteiger partial charge in [-0.25, -0.2) is 19.0 Å². The summed E-state index contributed by atoms with van der Waals surface area (Å²) in [5, 5.41) is 2.92. The van der Waals surface area contributed by atoms with E-state index < -0.39 is 32.1 Å². The number of halogens is 2. The van der Waals surface area contributed by atoms with Crippen LogP contribution in [0.1, 0.15) is 32.4 Å². The van der Waals surface area contributed by atoms with E-state index in [4.69, 9.17) is 16.6 Å². The Morgan fingerprint density at radius 1 is 1.19 bits per heavy atom. The van der Waals surface area contributed by atoms with Crippen LogP contribution in [0.4, 0.5) is 13.6 Å². The van der Waals surface area contributed by atoms with E-state index in [9.17, 15) is 13.6 Å². The van der Waals surface area contributed by atoms with E-state index in [1.165, 1.54) is 19.2 Å². The van der Waals surface area contributed by atoms with Gasteiger partial charge in [0.1, 0.15) is 11.6 Å². The fourth-order valence-corrected chi connectivity index (χ4v) is 3.07. The second kappa shape index (κ2) is 9.42. The Morgan fingerprint density at radius 3 is 2.22 bits per heavy atom. The van der Waals surface area contributed by atoms with Gasteiger partial charge in [0, 0.05) is 6.07 Å². The molecule has 0 spiro atoms. The van der Waals surface area contributed by atoms with Crippen LogP contribution in [0, 0.1) is 11.6 Å². The van der Waals surface area contributed by atoms with Crippen molar-refractivity contribution in [3.8, 4) is 0 Å². The highest BCUT2D eigenvalue weighted by Crippen LogP contribution is 2.37. The molecule has 0 fully saturated rings. The zero-order valence-corrected chi connectivity index (χ0v) is 18.2. The Morgan fingerprint density at radius 2 is 1.74 bits per heavy atom. The van der Waals surface area contributed by atoms with Crippen LogP contribution in [0.3, 0.4) is 0 Å². The second-order valence-electron chi connectivity index (χ2n) is 7.54. The Labute approximate surface area is 165 Å². The SMILES string of the molecule is COC(=O)NNC(=S)NC(CO[Si](C)(C)C(C)(C)C)c1cc(F)cc(F)c1. The highest BCUT2D eigenvalue weighted by Gasteiger charge is 2.37. The first-order valence-corrected chi connectivity index (χ1v) is 11.7. The lowest BCUT2D eigenvalue weighted by Gasteiger charge is -2.37. The molecule has 10 heteroatoms. The van der Waals surface area contributed by atoms with Crippen LogP contribution in [-0.2, 0) is 9.16 Å². The number of nitrogens with one attached hydrogen (secondary N) is 3. The van der Waals surface area contributed by atoms with Crippen molar-refractivity contribution in [1.82, 2.24) is 16.2 Å². The molecular weight excluding hydrogens is 392 g/mol. The van der Waals surface area contributed by atoms with Crippen molar-refractivity contribution in [1.29, 1.82) is 0 Å². The minimum atomic E-state index is -2.10. The number of ether oxygens (including phenoxy) is 1. The number of methoxy groups -OCH3 is 1. The lowest BCUT2D eigenvalue weighted by atomic mass is 10.1. The van der Waals surface area contributed by atoms with Gasteiger partial charge in [-0.1, -0.05) is 20.8 Å². The average molecular weight is 420 g/mol. The van der Waals surface area contributed by atoms with Crippen molar-refractivity contribution in [2.24, 2.45) is 0 Å². The van der Waals surface area contributed by atoms with Gasteiger partial charge in [0.2, 0.25) is 0 Å². The quantitative estimate of drug-likeness (QED) is 0.383. The smallest absolute Gasteiger partial charge is 0.425 e. The number of hydrazine groups is 1. The van der Waals surface area contributed by atoms with E-state index in [-0.39, 0.29) is 16.8 Å². The van der Waals surface area contributed by atoms with E-state index in [0.717, 1.165) is 6.07 Å². The number of amides is 1. The van der Waals surface area contributed by atoms with Crippen LogP contribution in [0.2, 0.25) is 18.1 Å². The molecule has 1 atom stereocenters. The number of rotatable bonds is 5. The molecule has 0 saturated heterocycles. The summed E-state index contributed by atoms with van der Waals surface area (Å²) in [6, 6.07) is 2.60. The van der Waals surface area contributed by atoms with Gasteiger partial charge in [0.15, 0.2) is 13.4 Å². The van der Waals surface area contributed by atoms with Crippen LogP contribution < -0.4 is 16.2 Å². The van der Waals surface area contributed by atoms with Crippen molar-refractivity contribution in [2.75, 3.05) is 13.7 Å². The van der Waals surface area contributed by atoms with Crippen molar-refractivity contribution in [3.63, 3.8) is 0 Å². The molecule has 0 aliphatic heterocycles. The zero-order valence-electron chi connectivity index (χ0n) is 16.4. The molecule has 152 valence electrons. The molecule has 3 N–H and O–H groups in total. The zero-order chi connectivity index (χ0) is 20.8. The number of carbonyl (C=O) groups is 1. The molecule has 27 heavy (non-hydrogen) atoms. The summed E-state index contributed by atoms with van der Waals surface area (Å²) in [5.74, 6) is -1.40. The summed E-state index contributed by atoms with van der Waals surface area (Å²) < 4.78 is 37.9. The first kappa shape index (κ1) is 23.3. The molecule has 1 amide bonds. The Balaban J connectivity index is 2.96. The third-order valence-corrected chi connectivity index (χ3v) is 9.19. The third kappa shape index (κ3) is 7.39. The molecule has 6 nitrogen and oxygen atoms in total. The summed E-state index contributed by atoms with van der Waals surface area (Å²) in [4.78, 5) is 11.1. The molecule has 1 aromatic carbocycles. The molecule has 1 unspecified atom stereocenters. The van der Waals surface area contributed by atoms with Crippen LogP contribution in [-0.4, -0.2) is 33.2 Å². The molecule has 0 heterocycles. The second-order valence-corrected chi connectivity index (χ2v) is 12.8. The molecule has 1 aromatic rings. The van der Waals surface area contributed by atoms with Gasteiger partial charge < -0.3 is 14.5 Å². The Kier molecular flexibility index (Phi) is 8.12. The Hall–Kier alpha value is -1.78. The van der Waals surface area contributed by atoms with Gasteiger partial charge in [-0.2, -0.15) is 0 Å². The van der Waals surface area contributed by atoms with Crippen molar-refractivity contribution < 1.29 is 22.7 Å². The first-order valence-electron chi connectivity index (χ1n) is 8.36. The number of hydrogen-bond acceptors (Lipinski definition) is 4. The lowest BCUT2D eigenvalue weighted by molar-refractivity contribution is 0.168. The van der Waals surface area contributed by atoms with Gasteiger partial charge >= 0.3 is 6.09 Å². The van der Waals surface area contributed by atoms with E-state index in [1.807, 2.05) is 0 Å². The standard InChI is InChI=1S/C17H27F2N3O3SSi/c1-17(2,3)27(5,6)25-10-14(11-7-12(18)9-13(19)8-11)20-15(26)21-22-16(23)24-4/h7-9,14H,10H2,1-6H3,(H,22,23)(H2,20,21,26). The topological polar surface area (TPSA) is 71.6 Å². The molecule has 0 radical (unpaired) electrons. The lowest BCUT2D eigenvalue weighted by Crippen LogP contribution is -2.49. The van der Waals surface area contributed by atoms with E-state index in [1.54, 1.807) is 0 Å². The predicted molar refractivity (Wildman–Crippen MR) is 107 cm³/mol. The summed E-state index contributed by atoms with van der Waals surface area (Å²) in [5.41, 5.74) is 5.01. The molecule has 0 aromatic heterocycles. The maximum Gasteiger partial charge on any atom is 0.425 e. The molecule has 0 bridgehead atoms. The highest BCUT2D eigenvalue weighted by molar-refractivity contribution is 7.80. The molecule has 0 aliphatic rings. The van der Waals surface area contributed by atoms with E-state index in [2.05, 4.69) is 54.8 Å². The van der Waals surface area contributed by atoms with E-state index >= 15 is 0 Å². The largest absolute Gasteiger partial charge is 0.452 e. The van der Waals surface area contributed by atoms with Crippen LogP contribution in [0.15, 0.2) is 18.2 Å². The third-order valence-electron chi connectivity index (χ3n) is 4.47. The molecule has 0 aliphatic carbocycles. The molecular formula is C17H27F2N3O3SSi. The normalized spacial score (nSPS) is 12.9. The van der Waals surface area contributed by atoms with Gasteiger partial charge in [0.05, 0.1) is 19.8 Å². The average Bonchev–Trinajstić information content (AvgIpc) is 2.54. The minimum Gasteiger partial charge on any atom is -0.452 e. The van der Waals surface area contributed by atoms with Crippen molar-refractivity contribution in [2.45, 2.75) is 44.9 Å². The Bertz CT molecular complexity index is 664. The highest BCUT2D eigenvalue weighted by atomic mass is 32.1.